The Kier molecular flexibility index (Phi) is 3.43. The molecule has 0 aromatic carbocycles. The van der Waals surface area contributed by atoms with E-state index in [-0.39, 0.29) is 5.25 Å². The average molecular weight is 223 g/mol. The zero-order chi connectivity index (χ0) is 11.5. The summed E-state index contributed by atoms with van der Waals surface area (Å²) in [6.45, 7) is 3.60. The lowest BCUT2D eigenvalue weighted by atomic mass is 10.3. The van der Waals surface area contributed by atoms with Crippen molar-refractivity contribution in [2.45, 2.75) is 19.1 Å². The van der Waals surface area contributed by atoms with Crippen LogP contribution in [0, 0.1) is 19.4 Å². The second kappa shape index (κ2) is 4.41. The monoisotopic (exact) mass is 223 g/mol. The summed E-state index contributed by atoms with van der Waals surface area (Å²) in [5.41, 5.74) is 0.784. The van der Waals surface area contributed by atoms with Gasteiger partial charge in [0.1, 0.15) is 5.82 Å². The first-order chi connectivity index (χ1) is 6.97. The third kappa shape index (κ3) is 2.77. The predicted molar refractivity (Wildman–Crippen MR) is 60.5 cm³/mol. The van der Waals surface area contributed by atoms with Crippen LogP contribution in [-0.2, 0) is 9.73 Å². The summed E-state index contributed by atoms with van der Waals surface area (Å²) in [6, 6.07) is 2.08. The van der Waals surface area contributed by atoms with Crippen LogP contribution >= 0.6 is 0 Å². The summed E-state index contributed by atoms with van der Waals surface area (Å²) in [6.07, 6.45) is 9.88. The molecule has 0 spiro atoms. The Bertz CT molecular complexity index is 492. The van der Waals surface area contributed by atoms with Gasteiger partial charge in [-0.3, -0.25) is 0 Å². The number of aryl methyl sites for hydroxylation is 1. The fourth-order valence-electron chi connectivity index (χ4n) is 1.05. The molecule has 0 aliphatic rings. The maximum Gasteiger partial charge on any atom is 0.125 e. The molecular formula is C10H13N3OS. The van der Waals surface area contributed by atoms with E-state index < -0.39 is 9.73 Å². The second-order valence-electron chi connectivity index (χ2n) is 3.29. The summed E-state index contributed by atoms with van der Waals surface area (Å²) in [4.78, 5) is 8.09. The largest absolute Gasteiger partial charge is 0.248 e. The number of hydrogen-bond donors (Lipinski definition) is 0. The van der Waals surface area contributed by atoms with Crippen LogP contribution in [0.4, 0.5) is 0 Å². The maximum absolute atomic E-state index is 12.0. The molecular weight excluding hydrogens is 210 g/mol. The summed E-state index contributed by atoms with van der Waals surface area (Å²) in [5, 5.41) is -0.269. The molecule has 1 aromatic rings. The first-order valence-corrected chi connectivity index (χ1v) is 6.40. The van der Waals surface area contributed by atoms with Crippen LogP contribution < -0.4 is 0 Å². The summed E-state index contributed by atoms with van der Waals surface area (Å²) in [5.74, 6) is 0.683. The van der Waals surface area contributed by atoms with E-state index in [2.05, 4.69) is 20.4 Å². The highest BCUT2D eigenvalue weighted by Gasteiger charge is 2.16. The van der Waals surface area contributed by atoms with E-state index in [4.69, 9.17) is 6.42 Å². The number of aromatic nitrogens is 2. The first kappa shape index (κ1) is 11.7. The van der Waals surface area contributed by atoms with Crippen molar-refractivity contribution in [1.29, 1.82) is 0 Å². The van der Waals surface area contributed by atoms with E-state index in [1.807, 2.05) is 0 Å². The molecule has 2 unspecified atom stereocenters. The summed E-state index contributed by atoms with van der Waals surface area (Å²) < 4.78 is 15.7. The Hall–Kier alpha value is -1.41. The lowest BCUT2D eigenvalue weighted by Gasteiger charge is -2.11. The van der Waals surface area contributed by atoms with Crippen LogP contribution in [0.15, 0.2) is 16.8 Å². The molecule has 0 bridgehead atoms. The molecule has 0 aliphatic carbocycles. The minimum atomic E-state index is -2.42. The molecule has 1 aromatic heterocycles. The Morgan fingerprint density at radius 1 is 1.53 bits per heavy atom. The standard InChI is InChI=1S/C10H13N3OS/c1-5-13-15(4,14)8(2)10-6-11-9(3)12-7-10/h1,6-8H,2-4H3. The van der Waals surface area contributed by atoms with Crippen LogP contribution in [0.2, 0.25) is 0 Å². The van der Waals surface area contributed by atoms with Crippen molar-refractivity contribution in [3.63, 3.8) is 0 Å². The molecule has 2 atom stereocenters. The first-order valence-electron chi connectivity index (χ1n) is 4.41. The highest BCUT2D eigenvalue weighted by Crippen LogP contribution is 2.21. The maximum atomic E-state index is 12.0. The Morgan fingerprint density at radius 2 is 2.07 bits per heavy atom. The van der Waals surface area contributed by atoms with E-state index in [1.165, 1.54) is 6.26 Å². The van der Waals surface area contributed by atoms with Crippen molar-refractivity contribution < 1.29 is 4.21 Å². The van der Waals surface area contributed by atoms with E-state index in [9.17, 15) is 4.21 Å². The van der Waals surface area contributed by atoms with Crippen LogP contribution in [-0.4, -0.2) is 20.4 Å². The molecule has 80 valence electrons. The van der Waals surface area contributed by atoms with Gasteiger partial charge in [0, 0.05) is 30.3 Å². The van der Waals surface area contributed by atoms with E-state index >= 15 is 0 Å². The van der Waals surface area contributed by atoms with E-state index in [0.717, 1.165) is 5.56 Å². The molecule has 0 saturated heterocycles. The lowest BCUT2D eigenvalue weighted by molar-refractivity contribution is 0.673. The van der Waals surface area contributed by atoms with Gasteiger partial charge in [0.15, 0.2) is 0 Å². The van der Waals surface area contributed by atoms with Gasteiger partial charge in [-0.15, -0.1) is 4.36 Å². The molecule has 0 fully saturated rings. The highest BCUT2D eigenvalue weighted by molar-refractivity contribution is 7.93. The summed E-state index contributed by atoms with van der Waals surface area (Å²) >= 11 is 0. The van der Waals surface area contributed by atoms with Crippen molar-refractivity contribution in [1.82, 2.24) is 9.97 Å². The zero-order valence-corrected chi connectivity index (χ0v) is 9.78. The Morgan fingerprint density at radius 3 is 2.53 bits per heavy atom. The number of hydrogen-bond acceptors (Lipinski definition) is 4. The van der Waals surface area contributed by atoms with Crippen molar-refractivity contribution >= 4 is 9.73 Å². The number of terminal acetylenes is 1. The van der Waals surface area contributed by atoms with Gasteiger partial charge in [0.2, 0.25) is 0 Å². The van der Waals surface area contributed by atoms with Gasteiger partial charge in [0.05, 0.1) is 15.0 Å². The molecule has 0 saturated carbocycles. The lowest BCUT2D eigenvalue weighted by Crippen LogP contribution is -2.08. The van der Waals surface area contributed by atoms with Gasteiger partial charge in [-0.25, -0.2) is 14.2 Å². The zero-order valence-electron chi connectivity index (χ0n) is 8.97. The number of nitrogens with zero attached hydrogens (tertiary/aromatic N) is 3. The van der Waals surface area contributed by atoms with Crippen LogP contribution in [0.1, 0.15) is 23.6 Å². The minimum absolute atomic E-state index is 0.269. The van der Waals surface area contributed by atoms with Gasteiger partial charge >= 0.3 is 0 Å². The van der Waals surface area contributed by atoms with E-state index in [0.29, 0.717) is 5.82 Å². The normalized spacial score (nSPS) is 16.1. The summed E-state index contributed by atoms with van der Waals surface area (Å²) in [7, 11) is -2.42. The van der Waals surface area contributed by atoms with Crippen molar-refractivity contribution in [2.75, 3.05) is 6.26 Å². The van der Waals surface area contributed by atoms with Gasteiger partial charge in [-0.2, -0.15) is 0 Å². The minimum Gasteiger partial charge on any atom is -0.248 e. The fraction of sp³-hybridized carbons (Fsp3) is 0.400. The average Bonchev–Trinajstić information content (AvgIpc) is 2.18. The topological polar surface area (TPSA) is 55.2 Å². The second-order valence-corrected chi connectivity index (χ2v) is 5.90. The van der Waals surface area contributed by atoms with E-state index in [1.54, 1.807) is 26.2 Å². The molecule has 5 heteroatoms. The van der Waals surface area contributed by atoms with Gasteiger partial charge < -0.3 is 0 Å². The van der Waals surface area contributed by atoms with Crippen molar-refractivity contribution in [3.05, 3.63) is 23.8 Å². The molecule has 1 heterocycles. The Balaban J connectivity index is 3.12. The Labute approximate surface area is 90.3 Å². The molecule has 1 rings (SSSR count). The third-order valence-electron chi connectivity index (χ3n) is 2.16. The molecule has 0 N–H and O–H groups in total. The van der Waals surface area contributed by atoms with Crippen molar-refractivity contribution in [3.8, 4) is 12.5 Å². The highest BCUT2D eigenvalue weighted by atomic mass is 32.2. The smallest absolute Gasteiger partial charge is 0.125 e. The molecule has 0 amide bonds. The molecule has 0 radical (unpaired) electrons. The number of rotatable bonds is 2. The quantitative estimate of drug-likeness (QED) is 0.714. The molecule has 0 aliphatic heterocycles. The van der Waals surface area contributed by atoms with Gasteiger partial charge in [-0.1, -0.05) is 6.42 Å². The van der Waals surface area contributed by atoms with Gasteiger partial charge in [0.25, 0.3) is 0 Å². The van der Waals surface area contributed by atoms with Gasteiger partial charge in [-0.05, 0) is 13.8 Å². The third-order valence-corrected chi connectivity index (χ3v) is 4.21. The van der Waals surface area contributed by atoms with Crippen molar-refractivity contribution in [2.24, 2.45) is 4.36 Å². The predicted octanol–water partition coefficient (Wildman–Crippen LogP) is 1.53. The fourth-order valence-corrected chi connectivity index (χ4v) is 2.04. The van der Waals surface area contributed by atoms with Crippen LogP contribution in [0.5, 0.6) is 0 Å². The molecule has 15 heavy (non-hydrogen) atoms. The van der Waals surface area contributed by atoms with Crippen LogP contribution in [0.3, 0.4) is 0 Å². The van der Waals surface area contributed by atoms with Crippen LogP contribution in [0.25, 0.3) is 0 Å². The SMILES string of the molecule is C#CN=S(C)(=O)C(C)c1cnc(C)nc1. The molecule has 4 nitrogen and oxygen atoms in total.